The molecule has 0 heterocycles. The van der Waals surface area contributed by atoms with Crippen LogP contribution >= 0.6 is 0 Å². The van der Waals surface area contributed by atoms with Gasteiger partial charge >= 0.3 is 0 Å². The summed E-state index contributed by atoms with van der Waals surface area (Å²) in [7, 11) is 3.79. The fraction of sp³-hybridized carbons (Fsp3) is 0.800. The van der Waals surface area contributed by atoms with E-state index in [0.717, 1.165) is 13.1 Å². The van der Waals surface area contributed by atoms with Crippen molar-refractivity contribution < 1.29 is 26.0 Å². The van der Waals surface area contributed by atoms with Crippen LogP contribution in [0.4, 0.5) is 0 Å². The monoisotopic (exact) mass is 271 g/mol. The maximum absolute atomic E-state index is 3.79. The minimum Gasteiger partial charge on any atom is -0.468 e. The Labute approximate surface area is 60.3 Å². The van der Waals surface area contributed by atoms with Crippen LogP contribution in [-0.4, -0.2) is 13.1 Å². The molecule has 0 saturated carbocycles. The molecule has 2 heteroatoms. The van der Waals surface area contributed by atoms with Crippen LogP contribution in [0.5, 0.6) is 0 Å². The van der Waals surface area contributed by atoms with E-state index in [1.54, 1.807) is 0 Å². The molecule has 1 N–H and O–H groups in total. The van der Waals surface area contributed by atoms with Crippen LogP contribution in [0.3, 0.4) is 0 Å². The minimum absolute atomic E-state index is 0. The molecule has 0 atom stereocenters. The molecule has 0 aliphatic heterocycles. The van der Waals surface area contributed by atoms with Crippen LogP contribution in [-0.2, 0) is 21.1 Å². The molecular weight excluding hydrogens is 258 g/mol. The maximum Gasteiger partial charge on any atom is 0.0501 e. The molecule has 0 aliphatic carbocycles. The Kier molecular flexibility index (Phi) is 10.1. The van der Waals surface area contributed by atoms with Gasteiger partial charge in [-0.2, -0.15) is 7.05 Å². The predicted octanol–water partition coefficient (Wildman–Crippen LogP) is -0.300. The van der Waals surface area contributed by atoms with Gasteiger partial charge in [-0.05, 0) is 13.8 Å². The quantitative estimate of drug-likeness (QED) is 0.658. The number of rotatable bonds is 2. The summed E-state index contributed by atoms with van der Waals surface area (Å²) in [6.07, 6.45) is 0. The first-order valence-corrected chi connectivity index (χ1v) is 2.47. The smallest absolute Gasteiger partial charge is 0.0501 e. The average Bonchev–Trinajstić information content (AvgIpc) is 1.65. The molecule has 0 aromatic heterocycles. The molecule has 0 bridgehead atoms. The fourth-order valence-corrected chi connectivity index (χ4v) is 0.250. The Balaban J connectivity index is 0. The van der Waals surface area contributed by atoms with E-state index in [1.165, 1.54) is 4.90 Å². The van der Waals surface area contributed by atoms with Gasteiger partial charge in [-0.25, -0.2) is 0 Å². The van der Waals surface area contributed by atoms with Gasteiger partial charge in [0, 0.05) is 21.1 Å². The topological polar surface area (TPSA) is 4.44 Å². The van der Waals surface area contributed by atoms with E-state index in [1.807, 2.05) is 0 Å². The van der Waals surface area contributed by atoms with E-state index < -0.39 is 0 Å². The van der Waals surface area contributed by atoms with E-state index in [4.69, 9.17) is 0 Å². The van der Waals surface area contributed by atoms with Crippen molar-refractivity contribution in [2.75, 3.05) is 13.1 Å². The summed E-state index contributed by atoms with van der Waals surface area (Å²) < 4.78 is 0. The van der Waals surface area contributed by atoms with Gasteiger partial charge in [-0.15, -0.1) is 0 Å². The Morgan fingerprint density at radius 1 is 1.29 bits per heavy atom. The van der Waals surface area contributed by atoms with Crippen molar-refractivity contribution >= 4 is 0 Å². The molecule has 44 valence electrons. The predicted molar refractivity (Wildman–Crippen MR) is 27.4 cm³/mol. The Hall–Kier alpha value is 0.648. The largest absolute Gasteiger partial charge is 0.468 e. The summed E-state index contributed by atoms with van der Waals surface area (Å²) in [6, 6.07) is 0. The van der Waals surface area contributed by atoms with Crippen LogP contribution in [0.25, 0.3) is 0 Å². The van der Waals surface area contributed by atoms with Crippen LogP contribution in [0, 0.1) is 7.05 Å². The van der Waals surface area contributed by atoms with Crippen LogP contribution in [0.1, 0.15) is 13.8 Å². The minimum atomic E-state index is 0. The van der Waals surface area contributed by atoms with Gasteiger partial charge < -0.3 is 4.90 Å². The molecule has 0 fully saturated rings. The number of hydrogen-bond acceptors (Lipinski definition) is 0. The van der Waals surface area contributed by atoms with Crippen LogP contribution in [0.2, 0.25) is 0 Å². The zero-order valence-corrected chi connectivity index (χ0v) is 7.96. The summed E-state index contributed by atoms with van der Waals surface area (Å²) >= 11 is 0. The molecule has 0 radical (unpaired) electrons. The van der Waals surface area contributed by atoms with E-state index in [2.05, 4.69) is 20.9 Å². The molecule has 0 aromatic rings. The number of nitrogens with one attached hydrogen (secondary N) is 1. The third kappa shape index (κ3) is 6.65. The SMILES string of the molecule is [CH2-][NH+](CC)CC.[W]. The van der Waals surface area contributed by atoms with Crippen molar-refractivity contribution in [3.63, 3.8) is 0 Å². The normalized spacial score (nSPS) is 8.57. The summed E-state index contributed by atoms with van der Waals surface area (Å²) in [5.74, 6) is 0. The molecule has 7 heavy (non-hydrogen) atoms. The van der Waals surface area contributed by atoms with E-state index in [0.29, 0.717) is 0 Å². The van der Waals surface area contributed by atoms with Gasteiger partial charge in [0.05, 0.1) is 13.1 Å². The van der Waals surface area contributed by atoms with Crippen molar-refractivity contribution in [2.24, 2.45) is 0 Å². The van der Waals surface area contributed by atoms with Gasteiger partial charge in [0.2, 0.25) is 0 Å². The molecule has 0 unspecified atom stereocenters. The third-order valence-electron chi connectivity index (χ3n) is 1.000. The molecule has 0 rings (SSSR count). The second-order valence-corrected chi connectivity index (χ2v) is 1.46. The Morgan fingerprint density at radius 3 is 1.57 bits per heavy atom. The van der Waals surface area contributed by atoms with Crippen molar-refractivity contribution in [1.29, 1.82) is 0 Å². The molecule has 1 nitrogen and oxygen atoms in total. The number of quaternary nitrogens is 1. The zero-order valence-electron chi connectivity index (χ0n) is 5.03. The third-order valence-corrected chi connectivity index (χ3v) is 1.000. The first kappa shape index (κ1) is 10.6. The van der Waals surface area contributed by atoms with Crippen molar-refractivity contribution in [2.45, 2.75) is 13.8 Å². The van der Waals surface area contributed by atoms with Crippen molar-refractivity contribution in [1.82, 2.24) is 0 Å². The molecule has 0 aromatic carbocycles. The standard InChI is InChI=1S/C5H13N.W/c1-4-6(3)5-2;/h6H,3-5H2,1-2H3;. The van der Waals surface area contributed by atoms with E-state index >= 15 is 0 Å². The van der Waals surface area contributed by atoms with Gasteiger partial charge in [0.1, 0.15) is 0 Å². The molecule has 0 amide bonds. The second kappa shape index (κ2) is 6.65. The van der Waals surface area contributed by atoms with E-state index in [-0.39, 0.29) is 21.1 Å². The summed E-state index contributed by atoms with van der Waals surface area (Å²) in [5, 5.41) is 0. The van der Waals surface area contributed by atoms with Crippen LogP contribution < -0.4 is 4.90 Å². The average molecular weight is 271 g/mol. The zero-order chi connectivity index (χ0) is 4.99. The van der Waals surface area contributed by atoms with Gasteiger partial charge in [-0.3, -0.25) is 0 Å². The maximum atomic E-state index is 3.79. The first-order chi connectivity index (χ1) is 2.81. The van der Waals surface area contributed by atoms with Crippen molar-refractivity contribution in [3.05, 3.63) is 7.05 Å². The van der Waals surface area contributed by atoms with Gasteiger partial charge in [0.15, 0.2) is 0 Å². The fourth-order valence-electron chi connectivity index (χ4n) is 0.250. The molecular formula is C5H13NW. The summed E-state index contributed by atoms with van der Waals surface area (Å²) in [5.41, 5.74) is 0. The number of hydrogen-bond donors (Lipinski definition) is 1. The molecule has 0 spiro atoms. The summed E-state index contributed by atoms with van der Waals surface area (Å²) in [6.45, 7) is 6.53. The van der Waals surface area contributed by atoms with Crippen LogP contribution in [0.15, 0.2) is 0 Å². The molecule has 0 aliphatic rings. The van der Waals surface area contributed by atoms with Crippen molar-refractivity contribution in [3.8, 4) is 0 Å². The Bertz CT molecular complexity index is 27.3. The Morgan fingerprint density at radius 2 is 1.57 bits per heavy atom. The van der Waals surface area contributed by atoms with Gasteiger partial charge in [0.25, 0.3) is 0 Å². The van der Waals surface area contributed by atoms with Gasteiger partial charge in [-0.1, -0.05) is 0 Å². The van der Waals surface area contributed by atoms with E-state index in [9.17, 15) is 0 Å². The summed E-state index contributed by atoms with van der Waals surface area (Å²) in [4.78, 5) is 1.34. The first-order valence-electron chi connectivity index (χ1n) is 2.47. The second-order valence-electron chi connectivity index (χ2n) is 1.46. The molecule has 0 saturated heterocycles.